The molecule has 0 spiro atoms. The molecule has 0 aliphatic heterocycles. The minimum Gasteiger partial charge on any atom is -0.299 e. The zero-order valence-electron chi connectivity index (χ0n) is 21.5. The predicted molar refractivity (Wildman–Crippen MR) is 163 cm³/mol. The van der Waals surface area contributed by atoms with Crippen molar-refractivity contribution < 1.29 is 0 Å². The van der Waals surface area contributed by atoms with Crippen molar-refractivity contribution >= 4 is 28.3 Å². The first kappa shape index (κ1) is 23.6. The number of aromatic nitrogens is 3. The summed E-state index contributed by atoms with van der Waals surface area (Å²) in [6, 6.07) is 38.6. The van der Waals surface area contributed by atoms with Crippen LogP contribution in [0, 0.1) is 10.8 Å². The van der Waals surface area contributed by atoms with E-state index in [4.69, 9.17) is 25.8 Å². The van der Waals surface area contributed by atoms with Crippen LogP contribution in [0.4, 0.5) is 0 Å². The van der Waals surface area contributed by atoms with Crippen LogP contribution in [0.3, 0.4) is 0 Å². The summed E-state index contributed by atoms with van der Waals surface area (Å²) < 4.78 is 0. The van der Waals surface area contributed by atoms with Gasteiger partial charge in [-0.25, -0.2) is 15.0 Å². The fraction of sp³-hybridized carbons (Fsp3) is 0. The van der Waals surface area contributed by atoms with Crippen molar-refractivity contribution in [1.82, 2.24) is 15.0 Å². The van der Waals surface area contributed by atoms with E-state index in [9.17, 15) is 0 Å². The summed E-state index contributed by atoms with van der Waals surface area (Å²) in [5.74, 6) is 1.75. The molecule has 0 fully saturated rings. The number of nitrogens with one attached hydrogen (secondary N) is 2. The molecule has 0 unspecified atom stereocenters. The van der Waals surface area contributed by atoms with Crippen molar-refractivity contribution in [3.63, 3.8) is 0 Å². The summed E-state index contributed by atoms with van der Waals surface area (Å²) in [5.41, 5.74) is 7.05. The smallest absolute Gasteiger partial charge is 0.164 e. The number of fused-ring (bicyclic) bond motifs is 3. The maximum absolute atomic E-state index is 8.59. The molecule has 1 aliphatic carbocycles. The minimum absolute atomic E-state index is 0.207. The Bertz CT molecular complexity index is 1960. The zero-order valence-corrected chi connectivity index (χ0v) is 21.5. The Morgan fingerprint density at radius 2 is 0.950 bits per heavy atom. The Kier molecular flexibility index (Phi) is 5.68. The third-order valence-corrected chi connectivity index (χ3v) is 7.18. The van der Waals surface area contributed by atoms with Gasteiger partial charge in [-0.15, -0.1) is 0 Å². The van der Waals surface area contributed by atoms with Gasteiger partial charge in [-0.3, -0.25) is 10.8 Å². The third-order valence-electron chi connectivity index (χ3n) is 7.18. The van der Waals surface area contributed by atoms with E-state index in [1.54, 1.807) is 6.08 Å². The van der Waals surface area contributed by atoms with Crippen molar-refractivity contribution in [3.05, 3.63) is 132 Å². The first-order chi connectivity index (χ1) is 19.6. The number of allylic oxidation sites excluding steroid dienone is 1. The maximum atomic E-state index is 8.59. The highest BCUT2D eigenvalue weighted by Gasteiger charge is 2.19. The second-order valence-electron chi connectivity index (χ2n) is 9.70. The van der Waals surface area contributed by atoms with Gasteiger partial charge in [-0.05, 0) is 39.6 Å². The van der Waals surface area contributed by atoms with Gasteiger partial charge in [0.25, 0.3) is 0 Å². The molecule has 2 N–H and O–H groups in total. The Hall–Kier alpha value is -5.55. The van der Waals surface area contributed by atoms with Crippen LogP contribution in [0.15, 0.2) is 121 Å². The predicted octanol–water partition coefficient (Wildman–Crippen LogP) is 8.11. The molecule has 5 aromatic carbocycles. The van der Waals surface area contributed by atoms with Crippen LogP contribution in [0.25, 0.3) is 62.1 Å². The van der Waals surface area contributed by atoms with Crippen LogP contribution < -0.4 is 0 Å². The topological polar surface area (TPSA) is 86.4 Å². The zero-order chi connectivity index (χ0) is 27.1. The molecule has 0 radical (unpaired) electrons. The van der Waals surface area contributed by atoms with Crippen molar-refractivity contribution in [2.75, 3.05) is 0 Å². The fourth-order valence-corrected chi connectivity index (χ4v) is 5.08. The normalized spacial score (nSPS) is 12.5. The standard InChI is InChI=1S/C35H23N5/c36-30-20-19-25-15-13-24-14-18-28(21-29(24)31(25)32(30)37)35-39-33(26-9-5-2-6-10-26)38-34(40-35)27-16-11-23(12-17-27)22-7-3-1-4-8-22/h1-21,36-37H. The lowest BCUT2D eigenvalue weighted by Gasteiger charge is -2.16. The van der Waals surface area contributed by atoms with Gasteiger partial charge in [0.05, 0.1) is 11.4 Å². The summed E-state index contributed by atoms with van der Waals surface area (Å²) >= 11 is 0. The van der Waals surface area contributed by atoms with Crippen molar-refractivity contribution in [1.29, 1.82) is 10.8 Å². The van der Waals surface area contributed by atoms with Crippen LogP contribution in [-0.4, -0.2) is 26.4 Å². The van der Waals surface area contributed by atoms with Gasteiger partial charge in [0, 0.05) is 22.3 Å². The molecule has 188 valence electrons. The molecule has 5 heteroatoms. The molecule has 5 nitrogen and oxygen atoms in total. The summed E-state index contributed by atoms with van der Waals surface area (Å²) in [6.45, 7) is 0. The van der Waals surface area contributed by atoms with E-state index in [0.717, 1.165) is 49.7 Å². The van der Waals surface area contributed by atoms with E-state index in [0.29, 0.717) is 17.5 Å². The molecule has 1 aromatic heterocycles. The van der Waals surface area contributed by atoms with Gasteiger partial charge in [-0.2, -0.15) is 0 Å². The highest BCUT2D eigenvalue weighted by molar-refractivity contribution is 6.53. The number of benzene rings is 5. The van der Waals surface area contributed by atoms with Gasteiger partial charge in [0.2, 0.25) is 0 Å². The largest absolute Gasteiger partial charge is 0.299 e. The van der Waals surface area contributed by atoms with E-state index >= 15 is 0 Å². The minimum atomic E-state index is 0.207. The van der Waals surface area contributed by atoms with E-state index in [-0.39, 0.29) is 11.4 Å². The molecule has 40 heavy (non-hydrogen) atoms. The van der Waals surface area contributed by atoms with Crippen LogP contribution in [0.1, 0.15) is 11.1 Å². The molecule has 0 amide bonds. The molecular formula is C35H23N5. The highest BCUT2D eigenvalue weighted by Crippen LogP contribution is 2.32. The van der Waals surface area contributed by atoms with E-state index in [1.165, 1.54) is 0 Å². The van der Waals surface area contributed by atoms with Gasteiger partial charge in [0.1, 0.15) is 0 Å². The molecule has 1 heterocycles. The Labute approximate surface area is 231 Å². The Morgan fingerprint density at radius 3 is 1.62 bits per heavy atom. The lowest BCUT2D eigenvalue weighted by Crippen LogP contribution is -2.16. The molecule has 7 rings (SSSR count). The van der Waals surface area contributed by atoms with Gasteiger partial charge in [-0.1, -0.05) is 115 Å². The van der Waals surface area contributed by atoms with Gasteiger partial charge in [0.15, 0.2) is 17.5 Å². The van der Waals surface area contributed by atoms with E-state index in [2.05, 4.69) is 24.3 Å². The second kappa shape index (κ2) is 9.64. The number of nitrogens with zero attached hydrogens (tertiary/aromatic N) is 3. The van der Waals surface area contributed by atoms with Crippen molar-refractivity contribution in [3.8, 4) is 45.3 Å². The van der Waals surface area contributed by atoms with Crippen molar-refractivity contribution in [2.45, 2.75) is 0 Å². The van der Waals surface area contributed by atoms with Gasteiger partial charge >= 0.3 is 0 Å². The lowest BCUT2D eigenvalue weighted by molar-refractivity contribution is 1.07. The maximum Gasteiger partial charge on any atom is 0.164 e. The molecule has 0 bridgehead atoms. The lowest BCUT2D eigenvalue weighted by atomic mass is 9.89. The van der Waals surface area contributed by atoms with Gasteiger partial charge < -0.3 is 0 Å². The average molecular weight is 514 g/mol. The van der Waals surface area contributed by atoms with Crippen LogP contribution >= 0.6 is 0 Å². The molecule has 1 aliphatic rings. The summed E-state index contributed by atoms with van der Waals surface area (Å²) in [7, 11) is 0. The third kappa shape index (κ3) is 4.20. The van der Waals surface area contributed by atoms with Crippen LogP contribution in [0.5, 0.6) is 0 Å². The summed E-state index contributed by atoms with van der Waals surface area (Å²) in [6.07, 6.45) is 3.57. The summed E-state index contributed by atoms with van der Waals surface area (Å²) in [5, 5.41) is 18.7. The Balaban J connectivity index is 1.38. The van der Waals surface area contributed by atoms with Crippen LogP contribution in [0.2, 0.25) is 0 Å². The van der Waals surface area contributed by atoms with Crippen molar-refractivity contribution in [2.24, 2.45) is 0 Å². The number of hydrogen-bond donors (Lipinski definition) is 2. The van der Waals surface area contributed by atoms with E-state index < -0.39 is 0 Å². The quantitative estimate of drug-likeness (QED) is 0.250. The molecule has 0 atom stereocenters. The highest BCUT2D eigenvalue weighted by atomic mass is 15.0. The SMILES string of the molecule is N=C1C=Cc2ccc3ccc(-c4nc(-c5ccccc5)nc(-c5ccc(-c6ccccc6)cc5)n4)cc3c2C1=N. The average Bonchev–Trinajstić information content (AvgIpc) is 3.03. The number of hydrogen-bond acceptors (Lipinski definition) is 5. The van der Waals surface area contributed by atoms with Crippen LogP contribution in [-0.2, 0) is 0 Å². The molecule has 0 saturated heterocycles. The first-order valence-corrected chi connectivity index (χ1v) is 13.0. The fourth-order valence-electron chi connectivity index (χ4n) is 5.08. The first-order valence-electron chi connectivity index (χ1n) is 13.0. The number of rotatable bonds is 4. The monoisotopic (exact) mass is 513 g/mol. The molecule has 0 saturated carbocycles. The molecular weight excluding hydrogens is 490 g/mol. The second-order valence-corrected chi connectivity index (χ2v) is 9.70. The summed E-state index contributed by atoms with van der Waals surface area (Å²) in [4.78, 5) is 14.7. The molecule has 6 aromatic rings. The van der Waals surface area contributed by atoms with E-state index in [1.807, 2.05) is 97.1 Å². The Morgan fingerprint density at radius 1 is 0.450 bits per heavy atom.